The van der Waals surface area contributed by atoms with Gasteiger partial charge < -0.3 is 14.7 Å². The number of hydrogen-bond donors (Lipinski definition) is 1. The SMILES string of the molecule is O=[N+]([O-])c1cccc(OC[C@@H](O)CN2CCCCCCC2)c1. The van der Waals surface area contributed by atoms with Crippen molar-refractivity contribution in [3.63, 3.8) is 0 Å². The Balaban J connectivity index is 1.78. The number of nitro groups is 1. The second kappa shape index (κ2) is 8.70. The number of β-amino-alcohol motifs (C(OH)–C–C–N with tert-alkyl or cyclic N) is 1. The predicted octanol–water partition coefficient (Wildman–Crippen LogP) is 2.60. The van der Waals surface area contributed by atoms with Crippen molar-refractivity contribution in [3.05, 3.63) is 34.4 Å². The molecule has 6 heteroatoms. The quantitative estimate of drug-likeness (QED) is 0.646. The zero-order valence-electron chi connectivity index (χ0n) is 12.8. The van der Waals surface area contributed by atoms with Crippen LogP contribution in [-0.4, -0.2) is 47.3 Å². The topological polar surface area (TPSA) is 75.8 Å². The Morgan fingerprint density at radius 3 is 2.59 bits per heavy atom. The molecule has 2 rings (SSSR count). The smallest absolute Gasteiger partial charge is 0.273 e. The van der Waals surface area contributed by atoms with Crippen LogP contribution < -0.4 is 4.74 Å². The van der Waals surface area contributed by atoms with Crippen molar-refractivity contribution in [2.75, 3.05) is 26.2 Å². The number of non-ortho nitro benzene ring substituents is 1. The molecule has 1 N–H and O–H groups in total. The van der Waals surface area contributed by atoms with Crippen molar-refractivity contribution in [1.29, 1.82) is 0 Å². The number of aliphatic hydroxyl groups is 1. The van der Waals surface area contributed by atoms with Crippen molar-refractivity contribution in [1.82, 2.24) is 4.90 Å². The molecule has 22 heavy (non-hydrogen) atoms. The summed E-state index contributed by atoms with van der Waals surface area (Å²) in [5.41, 5.74) is -0.00393. The molecule has 1 aliphatic rings. The van der Waals surface area contributed by atoms with Gasteiger partial charge in [-0.25, -0.2) is 0 Å². The average Bonchev–Trinajstić information content (AvgIpc) is 2.48. The van der Waals surface area contributed by atoms with Crippen LogP contribution in [0.2, 0.25) is 0 Å². The van der Waals surface area contributed by atoms with E-state index in [2.05, 4.69) is 4.90 Å². The van der Waals surface area contributed by atoms with Crippen molar-refractivity contribution in [3.8, 4) is 5.75 Å². The highest BCUT2D eigenvalue weighted by Gasteiger charge is 2.14. The van der Waals surface area contributed by atoms with Gasteiger partial charge in [0.15, 0.2) is 0 Å². The lowest BCUT2D eigenvalue weighted by molar-refractivity contribution is -0.384. The zero-order chi connectivity index (χ0) is 15.8. The standard InChI is InChI=1S/C16H24N2O4/c19-15(12-17-9-4-2-1-3-5-10-17)13-22-16-8-6-7-14(11-16)18(20)21/h6-8,11,15,19H,1-5,9-10,12-13H2/t15-/m0/s1. The Bertz CT molecular complexity index is 473. The lowest BCUT2D eigenvalue weighted by atomic mass is 10.1. The van der Waals surface area contributed by atoms with E-state index in [1.165, 1.54) is 44.2 Å². The summed E-state index contributed by atoms with van der Waals surface area (Å²) in [4.78, 5) is 12.5. The molecule has 1 aromatic carbocycles. The number of likely N-dealkylation sites (tertiary alicyclic amines) is 1. The average molecular weight is 308 g/mol. The number of nitrogens with zero attached hydrogens (tertiary/aromatic N) is 2. The molecule has 0 saturated carbocycles. The van der Waals surface area contributed by atoms with Gasteiger partial charge in [0.05, 0.1) is 11.0 Å². The molecular formula is C16H24N2O4. The summed E-state index contributed by atoms with van der Waals surface area (Å²) in [7, 11) is 0. The summed E-state index contributed by atoms with van der Waals surface area (Å²) < 4.78 is 5.47. The molecule has 0 bridgehead atoms. The largest absolute Gasteiger partial charge is 0.491 e. The van der Waals surface area contributed by atoms with Gasteiger partial charge in [-0.05, 0) is 32.0 Å². The molecular weight excluding hydrogens is 284 g/mol. The normalized spacial score (nSPS) is 18.2. The Morgan fingerprint density at radius 2 is 1.91 bits per heavy atom. The first-order valence-electron chi connectivity index (χ1n) is 7.93. The van der Waals surface area contributed by atoms with Gasteiger partial charge >= 0.3 is 0 Å². The van der Waals surface area contributed by atoms with E-state index in [1.807, 2.05) is 0 Å². The van der Waals surface area contributed by atoms with Crippen LogP contribution in [0.15, 0.2) is 24.3 Å². The maximum absolute atomic E-state index is 10.7. The summed E-state index contributed by atoms with van der Waals surface area (Å²) >= 11 is 0. The fourth-order valence-corrected chi connectivity index (χ4v) is 2.73. The Hall–Kier alpha value is -1.66. The van der Waals surface area contributed by atoms with E-state index >= 15 is 0 Å². The highest BCUT2D eigenvalue weighted by molar-refractivity contribution is 5.37. The molecule has 1 fully saturated rings. The van der Waals surface area contributed by atoms with Crippen LogP contribution in [0.25, 0.3) is 0 Å². The third-order valence-corrected chi connectivity index (χ3v) is 3.89. The number of nitro benzene ring substituents is 1. The predicted molar refractivity (Wildman–Crippen MR) is 84.1 cm³/mol. The third-order valence-electron chi connectivity index (χ3n) is 3.89. The Morgan fingerprint density at radius 1 is 1.23 bits per heavy atom. The first-order valence-corrected chi connectivity index (χ1v) is 7.93. The van der Waals surface area contributed by atoms with Crippen molar-refractivity contribution < 1.29 is 14.8 Å². The molecule has 6 nitrogen and oxygen atoms in total. The minimum absolute atomic E-state index is 0.00393. The van der Waals surface area contributed by atoms with Crippen molar-refractivity contribution in [2.24, 2.45) is 0 Å². The van der Waals surface area contributed by atoms with Gasteiger partial charge in [-0.3, -0.25) is 10.1 Å². The zero-order valence-corrected chi connectivity index (χ0v) is 12.8. The molecule has 0 aromatic heterocycles. The lowest BCUT2D eigenvalue weighted by Gasteiger charge is -2.26. The van der Waals surface area contributed by atoms with Gasteiger partial charge in [-0.2, -0.15) is 0 Å². The maximum Gasteiger partial charge on any atom is 0.273 e. The van der Waals surface area contributed by atoms with Crippen LogP contribution in [0, 0.1) is 10.1 Å². The number of rotatable bonds is 6. The molecule has 0 spiro atoms. The summed E-state index contributed by atoms with van der Waals surface area (Å²) in [5.74, 6) is 0.418. The van der Waals surface area contributed by atoms with Crippen molar-refractivity contribution in [2.45, 2.75) is 38.2 Å². The maximum atomic E-state index is 10.7. The van der Waals surface area contributed by atoms with E-state index in [9.17, 15) is 15.2 Å². The first kappa shape index (κ1) is 16.7. The lowest BCUT2D eigenvalue weighted by Crippen LogP contribution is -2.37. The highest BCUT2D eigenvalue weighted by atomic mass is 16.6. The Labute approximate surface area is 130 Å². The molecule has 0 amide bonds. The van der Waals surface area contributed by atoms with Gasteiger partial charge in [-0.15, -0.1) is 0 Å². The van der Waals surface area contributed by atoms with Crippen LogP contribution in [-0.2, 0) is 0 Å². The summed E-state index contributed by atoms with van der Waals surface area (Å²) in [6.07, 6.45) is 5.61. The van der Waals surface area contributed by atoms with E-state index < -0.39 is 11.0 Å². The van der Waals surface area contributed by atoms with Gasteiger partial charge in [0.1, 0.15) is 18.5 Å². The van der Waals surface area contributed by atoms with Gasteiger partial charge in [0.25, 0.3) is 5.69 Å². The molecule has 1 saturated heterocycles. The molecule has 0 aliphatic carbocycles. The third kappa shape index (κ3) is 5.61. The summed E-state index contributed by atoms with van der Waals surface area (Å²) in [6, 6.07) is 6.04. The van der Waals surface area contributed by atoms with E-state index in [1.54, 1.807) is 12.1 Å². The first-order chi connectivity index (χ1) is 10.6. The van der Waals surface area contributed by atoms with Crippen LogP contribution >= 0.6 is 0 Å². The Kier molecular flexibility index (Phi) is 6.61. The number of ether oxygens (including phenoxy) is 1. The fourth-order valence-electron chi connectivity index (χ4n) is 2.73. The fraction of sp³-hybridized carbons (Fsp3) is 0.625. The molecule has 122 valence electrons. The van der Waals surface area contributed by atoms with Crippen LogP contribution in [0.1, 0.15) is 32.1 Å². The number of aliphatic hydroxyl groups excluding tert-OH is 1. The monoisotopic (exact) mass is 308 g/mol. The summed E-state index contributed by atoms with van der Waals surface area (Å²) in [6.45, 7) is 2.79. The number of hydrogen-bond acceptors (Lipinski definition) is 5. The van der Waals surface area contributed by atoms with Gasteiger partial charge in [-0.1, -0.05) is 25.3 Å². The minimum atomic E-state index is -0.585. The molecule has 1 aromatic rings. The summed E-state index contributed by atoms with van der Waals surface area (Å²) in [5, 5.41) is 20.8. The van der Waals surface area contributed by atoms with Gasteiger partial charge in [0, 0.05) is 12.6 Å². The molecule has 1 heterocycles. The highest BCUT2D eigenvalue weighted by Crippen LogP contribution is 2.19. The number of benzene rings is 1. The molecule has 0 radical (unpaired) electrons. The minimum Gasteiger partial charge on any atom is -0.491 e. The van der Waals surface area contributed by atoms with Crippen LogP contribution in [0.4, 0.5) is 5.69 Å². The van der Waals surface area contributed by atoms with Gasteiger partial charge in [0.2, 0.25) is 0 Å². The van der Waals surface area contributed by atoms with E-state index in [4.69, 9.17) is 4.74 Å². The molecule has 1 atom stereocenters. The van der Waals surface area contributed by atoms with Crippen LogP contribution in [0.5, 0.6) is 5.75 Å². The van der Waals surface area contributed by atoms with Crippen molar-refractivity contribution >= 4 is 5.69 Å². The molecule has 0 unspecified atom stereocenters. The van der Waals surface area contributed by atoms with E-state index in [-0.39, 0.29) is 12.3 Å². The molecule has 1 aliphatic heterocycles. The van der Waals surface area contributed by atoms with E-state index in [0.717, 1.165) is 13.1 Å². The van der Waals surface area contributed by atoms with Crippen LogP contribution in [0.3, 0.4) is 0 Å². The second-order valence-electron chi connectivity index (χ2n) is 5.79. The van der Waals surface area contributed by atoms with E-state index in [0.29, 0.717) is 12.3 Å². The second-order valence-corrected chi connectivity index (χ2v) is 5.79.